The van der Waals surface area contributed by atoms with Crippen LogP contribution < -0.4 is 5.32 Å². The summed E-state index contributed by atoms with van der Waals surface area (Å²) in [6.45, 7) is 17.0. The second kappa shape index (κ2) is 8.52. The van der Waals surface area contributed by atoms with E-state index in [-0.39, 0.29) is 11.6 Å². The Morgan fingerprint density at radius 3 is 2.54 bits per heavy atom. The summed E-state index contributed by atoms with van der Waals surface area (Å²) in [6.07, 6.45) is 3.09. The molecule has 0 bridgehead atoms. The second-order valence-corrected chi connectivity index (χ2v) is 7.74. The van der Waals surface area contributed by atoms with Crippen molar-refractivity contribution in [3.05, 3.63) is 11.8 Å². The van der Waals surface area contributed by atoms with Gasteiger partial charge in [0.15, 0.2) is 0 Å². The standard InChI is InChI=1S/C18H34N4O2/c1-6-15-13-16(21-20-15)18(4,5)24-14-17(2,3)23-12-11-22-9-7-19-8-10-22/h13,15,19H,6-12,14H2,1-5H3. The number of nitrogens with one attached hydrogen (secondary N) is 1. The molecule has 1 N–H and O–H groups in total. The van der Waals surface area contributed by atoms with Gasteiger partial charge in [0.05, 0.1) is 30.6 Å². The van der Waals surface area contributed by atoms with Crippen molar-refractivity contribution in [2.24, 2.45) is 10.2 Å². The third kappa shape index (κ3) is 5.92. The molecule has 138 valence electrons. The maximum Gasteiger partial charge on any atom is 0.106 e. The predicted octanol–water partition coefficient (Wildman–Crippen LogP) is 2.61. The Morgan fingerprint density at radius 2 is 1.92 bits per heavy atom. The molecule has 0 aromatic rings. The number of hydrogen-bond acceptors (Lipinski definition) is 6. The van der Waals surface area contributed by atoms with Crippen LogP contribution in [0.3, 0.4) is 0 Å². The molecule has 0 aromatic heterocycles. The topological polar surface area (TPSA) is 58.5 Å². The summed E-state index contributed by atoms with van der Waals surface area (Å²) < 4.78 is 12.2. The third-order valence-corrected chi connectivity index (χ3v) is 4.59. The van der Waals surface area contributed by atoms with Crippen LogP contribution in [0, 0.1) is 0 Å². The first-order valence-electron chi connectivity index (χ1n) is 9.16. The maximum absolute atomic E-state index is 6.14. The van der Waals surface area contributed by atoms with Gasteiger partial charge in [-0.1, -0.05) is 6.92 Å². The molecule has 6 nitrogen and oxygen atoms in total. The Bertz CT molecular complexity index is 454. The van der Waals surface area contributed by atoms with Crippen LogP contribution in [0.2, 0.25) is 0 Å². The van der Waals surface area contributed by atoms with Crippen molar-refractivity contribution < 1.29 is 9.47 Å². The maximum atomic E-state index is 6.14. The van der Waals surface area contributed by atoms with Gasteiger partial charge in [-0.3, -0.25) is 4.90 Å². The third-order valence-electron chi connectivity index (χ3n) is 4.59. The van der Waals surface area contributed by atoms with Crippen molar-refractivity contribution in [1.82, 2.24) is 10.2 Å². The fourth-order valence-corrected chi connectivity index (χ4v) is 2.76. The summed E-state index contributed by atoms with van der Waals surface area (Å²) in [7, 11) is 0. The Labute approximate surface area is 146 Å². The van der Waals surface area contributed by atoms with Gasteiger partial charge >= 0.3 is 0 Å². The molecule has 0 radical (unpaired) electrons. The number of nitrogens with zero attached hydrogens (tertiary/aromatic N) is 3. The summed E-state index contributed by atoms with van der Waals surface area (Å²) in [4.78, 5) is 2.44. The highest BCUT2D eigenvalue weighted by Gasteiger charge is 2.31. The first-order valence-corrected chi connectivity index (χ1v) is 9.16. The summed E-state index contributed by atoms with van der Waals surface area (Å²) >= 11 is 0. The molecule has 0 amide bonds. The smallest absolute Gasteiger partial charge is 0.106 e. The highest BCUT2D eigenvalue weighted by atomic mass is 16.6. The zero-order valence-corrected chi connectivity index (χ0v) is 16.0. The van der Waals surface area contributed by atoms with Gasteiger partial charge in [-0.25, -0.2) is 0 Å². The van der Waals surface area contributed by atoms with Gasteiger partial charge in [0.1, 0.15) is 5.60 Å². The Hall–Kier alpha value is -0.820. The van der Waals surface area contributed by atoms with Gasteiger partial charge < -0.3 is 14.8 Å². The van der Waals surface area contributed by atoms with Crippen LogP contribution in [0.25, 0.3) is 0 Å². The van der Waals surface area contributed by atoms with Crippen LogP contribution >= 0.6 is 0 Å². The van der Waals surface area contributed by atoms with E-state index in [1.165, 1.54) is 0 Å². The summed E-state index contributed by atoms with van der Waals surface area (Å²) in [5.41, 5.74) is 0.171. The zero-order chi connectivity index (χ0) is 17.6. The molecular weight excluding hydrogens is 304 g/mol. The summed E-state index contributed by atoms with van der Waals surface area (Å²) in [6, 6.07) is 0.200. The number of azo groups is 1. The minimum Gasteiger partial charge on any atom is -0.372 e. The molecule has 1 unspecified atom stereocenters. The summed E-state index contributed by atoms with van der Waals surface area (Å²) in [5.74, 6) is 0. The van der Waals surface area contributed by atoms with Crippen LogP contribution in [-0.2, 0) is 9.47 Å². The molecule has 1 atom stereocenters. The first kappa shape index (κ1) is 19.5. The zero-order valence-electron chi connectivity index (χ0n) is 16.0. The lowest BCUT2D eigenvalue weighted by Gasteiger charge is -2.33. The molecule has 0 spiro atoms. The van der Waals surface area contributed by atoms with Gasteiger partial charge in [-0.2, -0.15) is 10.2 Å². The predicted molar refractivity (Wildman–Crippen MR) is 96.4 cm³/mol. The molecule has 2 aliphatic heterocycles. The van der Waals surface area contributed by atoms with Crippen LogP contribution in [0.1, 0.15) is 41.0 Å². The van der Waals surface area contributed by atoms with E-state index < -0.39 is 5.60 Å². The lowest BCUT2D eigenvalue weighted by molar-refractivity contribution is -0.112. The molecule has 0 aromatic carbocycles. The van der Waals surface area contributed by atoms with Gasteiger partial charge in [-0.15, -0.1) is 0 Å². The molecule has 1 saturated heterocycles. The molecule has 24 heavy (non-hydrogen) atoms. The molecule has 2 heterocycles. The van der Waals surface area contributed by atoms with Crippen LogP contribution in [-0.4, -0.2) is 68.1 Å². The molecule has 2 aliphatic rings. The van der Waals surface area contributed by atoms with E-state index in [9.17, 15) is 0 Å². The van der Waals surface area contributed by atoms with E-state index in [1.807, 2.05) is 13.8 Å². The van der Waals surface area contributed by atoms with Crippen LogP contribution in [0.5, 0.6) is 0 Å². The van der Waals surface area contributed by atoms with E-state index in [0.717, 1.165) is 51.4 Å². The average molecular weight is 338 g/mol. The van der Waals surface area contributed by atoms with E-state index in [2.05, 4.69) is 47.3 Å². The molecule has 0 aliphatic carbocycles. The minimum atomic E-state index is -0.438. The second-order valence-electron chi connectivity index (χ2n) is 7.74. The fraction of sp³-hybridized carbons (Fsp3) is 0.889. The average Bonchev–Trinajstić information content (AvgIpc) is 3.04. The molecule has 0 saturated carbocycles. The van der Waals surface area contributed by atoms with Crippen LogP contribution in [0.4, 0.5) is 0 Å². The molecule has 1 fully saturated rings. The van der Waals surface area contributed by atoms with Crippen molar-refractivity contribution in [1.29, 1.82) is 0 Å². The number of piperazine rings is 1. The number of rotatable bonds is 9. The van der Waals surface area contributed by atoms with E-state index in [0.29, 0.717) is 6.61 Å². The molecular formula is C18H34N4O2. The monoisotopic (exact) mass is 338 g/mol. The molecule has 2 rings (SSSR count). The lowest BCUT2D eigenvalue weighted by Crippen LogP contribution is -2.45. The van der Waals surface area contributed by atoms with Gasteiger partial charge in [0.25, 0.3) is 0 Å². The normalized spacial score (nSPS) is 22.9. The SMILES string of the molecule is CCC1C=C(C(C)(C)OCC(C)(C)OCCN2CCNCC2)N=N1. The number of ether oxygens (including phenoxy) is 2. The largest absolute Gasteiger partial charge is 0.372 e. The Kier molecular flexibility index (Phi) is 6.92. The highest BCUT2D eigenvalue weighted by molar-refractivity contribution is 5.18. The van der Waals surface area contributed by atoms with Gasteiger partial charge in [0.2, 0.25) is 0 Å². The van der Waals surface area contributed by atoms with Gasteiger partial charge in [0, 0.05) is 32.7 Å². The number of hydrogen-bond donors (Lipinski definition) is 1. The van der Waals surface area contributed by atoms with Crippen molar-refractivity contribution in [3.63, 3.8) is 0 Å². The van der Waals surface area contributed by atoms with Gasteiger partial charge in [-0.05, 0) is 40.2 Å². The van der Waals surface area contributed by atoms with Crippen molar-refractivity contribution >= 4 is 0 Å². The highest BCUT2D eigenvalue weighted by Crippen LogP contribution is 2.29. The van der Waals surface area contributed by atoms with Crippen molar-refractivity contribution in [2.45, 2.75) is 58.3 Å². The fourth-order valence-electron chi connectivity index (χ4n) is 2.76. The lowest BCUT2D eigenvalue weighted by atomic mass is 10.0. The van der Waals surface area contributed by atoms with E-state index >= 15 is 0 Å². The van der Waals surface area contributed by atoms with Crippen molar-refractivity contribution in [2.75, 3.05) is 45.9 Å². The summed E-state index contributed by atoms with van der Waals surface area (Å²) in [5, 5.41) is 11.9. The van der Waals surface area contributed by atoms with Crippen LogP contribution in [0.15, 0.2) is 22.0 Å². The van der Waals surface area contributed by atoms with E-state index in [1.54, 1.807) is 0 Å². The Balaban J connectivity index is 1.73. The van der Waals surface area contributed by atoms with E-state index in [4.69, 9.17) is 9.47 Å². The molecule has 6 heteroatoms. The van der Waals surface area contributed by atoms with Crippen molar-refractivity contribution in [3.8, 4) is 0 Å². The quantitative estimate of drug-likeness (QED) is 0.702. The minimum absolute atomic E-state index is 0.200. The first-order chi connectivity index (χ1) is 11.3. The Morgan fingerprint density at radius 1 is 1.21 bits per heavy atom.